The number of halogens is 1. The molecule has 0 amide bonds. The molecule has 2 fully saturated rings. The Hall–Kier alpha value is -2.44. The van der Waals surface area contributed by atoms with Crippen molar-refractivity contribution in [2.24, 2.45) is 17.6 Å². The van der Waals surface area contributed by atoms with Crippen LogP contribution in [0.1, 0.15) is 48.2 Å². The van der Waals surface area contributed by atoms with E-state index in [0.717, 1.165) is 62.4 Å². The molecule has 0 aromatic heterocycles. The molecule has 32 heavy (non-hydrogen) atoms. The number of aromatic carboxylic acids is 1. The van der Waals surface area contributed by atoms with Gasteiger partial charge in [-0.05, 0) is 72.7 Å². The number of hydrogen-bond acceptors (Lipinski definition) is 4. The molecule has 0 unspecified atom stereocenters. The van der Waals surface area contributed by atoms with Gasteiger partial charge in [0.15, 0.2) is 0 Å². The van der Waals surface area contributed by atoms with Crippen LogP contribution in [0, 0.1) is 17.7 Å². The average Bonchev–Trinajstić information content (AvgIpc) is 2.76. The van der Waals surface area contributed by atoms with Crippen molar-refractivity contribution in [1.82, 2.24) is 4.90 Å². The van der Waals surface area contributed by atoms with Gasteiger partial charge in [0.05, 0.1) is 11.3 Å². The van der Waals surface area contributed by atoms with Crippen LogP contribution in [0.4, 0.5) is 10.1 Å². The van der Waals surface area contributed by atoms with Crippen molar-refractivity contribution in [2.75, 3.05) is 37.6 Å². The molecule has 4 rings (SSSR count). The van der Waals surface area contributed by atoms with Gasteiger partial charge in [-0.15, -0.1) is 0 Å². The summed E-state index contributed by atoms with van der Waals surface area (Å²) in [6, 6.07) is 12.5. The number of carboxylic acid groups (broad SMARTS) is 1. The molecular formula is C26H34FN3O2. The second kappa shape index (κ2) is 9.20. The number of carbonyl (C=O) groups is 1. The molecule has 6 heteroatoms. The van der Waals surface area contributed by atoms with Gasteiger partial charge >= 0.3 is 5.97 Å². The topological polar surface area (TPSA) is 69.8 Å². The Kier molecular flexibility index (Phi) is 6.54. The molecule has 5 nitrogen and oxygen atoms in total. The molecule has 0 radical (unpaired) electrons. The van der Waals surface area contributed by atoms with Crippen molar-refractivity contribution in [2.45, 2.75) is 38.6 Å². The van der Waals surface area contributed by atoms with Crippen LogP contribution in [-0.4, -0.2) is 48.7 Å². The molecule has 0 spiro atoms. The van der Waals surface area contributed by atoms with Gasteiger partial charge < -0.3 is 20.6 Å². The third-order valence-corrected chi connectivity index (χ3v) is 7.52. The van der Waals surface area contributed by atoms with Crippen LogP contribution in [0.3, 0.4) is 0 Å². The maximum Gasteiger partial charge on any atom is 0.337 e. The largest absolute Gasteiger partial charge is 0.478 e. The Morgan fingerprint density at radius 2 is 1.88 bits per heavy atom. The minimum Gasteiger partial charge on any atom is -0.478 e. The van der Waals surface area contributed by atoms with Gasteiger partial charge in [0, 0.05) is 32.1 Å². The van der Waals surface area contributed by atoms with Crippen molar-refractivity contribution in [3.8, 4) is 0 Å². The molecule has 0 aliphatic carbocycles. The fraction of sp³-hybridized carbons (Fsp3) is 0.500. The first kappa shape index (κ1) is 22.7. The first-order valence-electron chi connectivity index (χ1n) is 11.6. The SMILES string of the molecule is CC(C)(c1cccc(F)c1)C1CCN(CC2CN(c3ccc(CN)cc3C(=O)O)C2)CC1. The Morgan fingerprint density at radius 3 is 2.50 bits per heavy atom. The fourth-order valence-electron chi connectivity index (χ4n) is 5.37. The lowest BCUT2D eigenvalue weighted by Gasteiger charge is -2.46. The lowest BCUT2D eigenvalue weighted by atomic mass is 9.69. The first-order chi connectivity index (χ1) is 15.3. The molecule has 2 aliphatic rings. The molecule has 3 N–H and O–H groups in total. The van der Waals surface area contributed by atoms with E-state index in [-0.39, 0.29) is 11.2 Å². The highest BCUT2D eigenvalue weighted by atomic mass is 19.1. The van der Waals surface area contributed by atoms with Gasteiger partial charge in [-0.2, -0.15) is 0 Å². The normalized spacial score (nSPS) is 18.6. The number of carboxylic acids is 1. The van der Waals surface area contributed by atoms with Crippen LogP contribution < -0.4 is 10.6 Å². The monoisotopic (exact) mass is 439 g/mol. The van der Waals surface area contributed by atoms with E-state index in [4.69, 9.17) is 5.73 Å². The standard InChI is InChI=1S/C26H34FN3O2/c1-26(2,21-4-3-5-22(27)13-21)20-8-10-29(11-9-20)15-19-16-30(17-19)24-7-6-18(14-28)12-23(24)25(31)32/h3-7,12-13,19-20H,8-11,14-17,28H2,1-2H3,(H,31,32). The summed E-state index contributed by atoms with van der Waals surface area (Å²) < 4.78 is 13.7. The van der Waals surface area contributed by atoms with E-state index in [1.54, 1.807) is 12.1 Å². The highest BCUT2D eigenvalue weighted by Crippen LogP contribution is 2.39. The summed E-state index contributed by atoms with van der Waals surface area (Å²) in [7, 11) is 0. The predicted octanol–water partition coefficient (Wildman–Crippen LogP) is 4.11. The van der Waals surface area contributed by atoms with E-state index >= 15 is 0 Å². The molecule has 2 aromatic rings. The van der Waals surface area contributed by atoms with Crippen molar-refractivity contribution >= 4 is 11.7 Å². The van der Waals surface area contributed by atoms with Crippen LogP contribution in [-0.2, 0) is 12.0 Å². The van der Waals surface area contributed by atoms with E-state index in [2.05, 4.69) is 23.6 Å². The second-order valence-corrected chi connectivity index (χ2v) is 9.94. The van der Waals surface area contributed by atoms with Gasteiger partial charge in [-0.3, -0.25) is 0 Å². The predicted molar refractivity (Wildman–Crippen MR) is 126 cm³/mol. The smallest absolute Gasteiger partial charge is 0.337 e. The maximum atomic E-state index is 13.7. The van der Waals surface area contributed by atoms with Crippen molar-refractivity contribution in [3.05, 3.63) is 65.0 Å². The molecule has 172 valence electrons. The minimum atomic E-state index is -0.901. The molecule has 2 heterocycles. The van der Waals surface area contributed by atoms with E-state index in [1.165, 1.54) is 6.07 Å². The molecule has 2 aromatic carbocycles. The van der Waals surface area contributed by atoms with Crippen molar-refractivity contribution < 1.29 is 14.3 Å². The van der Waals surface area contributed by atoms with Gasteiger partial charge in [-0.25, -0.2) is 9.18 Å². The summed E-state index contributed by atoms with van der Waals surface area (Å²) in [5.41, 5.74) is 8.68. The third kappa shape index (κ3) is 4.66. The quantitative estimate of drug-likeness (QED) is 0.680. The lowest BCUT2D eigenvalue weighted by molar-refractivity contribution is 0.0696. The number of anilines is 1. The molecule has 0 bridgehead atoms. The number of likely N-dealkylation sites (tertiary alicyclic amines) is 1. The Bertz CT molecular complexity index is 963. The van der Waals surface area contributed by atoms with E-state index in [9.17, 15) is 14.3 Å². The summed E-state index contributed by atoms with van der Waals surface area (Å²) in [6.45, 7) is 9.76. The van der Waals surface area contributed by atoms with Crippen LogP contribution in [0.15, 0.2) is 42.5 Å². The molecule has 0 atom stereocenters. The van der Waals surface area contributed by atoms with Gasteiger partial charge in [0.2, 0.25) is 0 Å². The highest BCUT2D eigenvalue weighted by molar-refractivity contribution is 5.95. The van der Waals surface area contributed by atoms with Crippen LogP contribution in [0.5, 0.6) is 0 Å². The lowest BCUT2D eigenvalue weighted by Crippen LogP contribution is -2.53. The molecule has 2 aliphatic heterocycles. The number of benzene rings is 2. The molecular weight excluding hydrogens is 405 g/mol. The third-order valence-electron chi connectivity index (χ3n) is 7.52. The number of hydrogen-bond donors (Lipinski definition) is 2. The van der Waals surface area contributed by atoms with Gasteiger partial charge in [0.1, 0.15) is 5.82 Å². The van der Waals surface area contributed by atoms with Gasteiger partial charge in [-0.1, -0.05) is 32.0 Å². The second-order valence-electron chi connectivity index (χ2n) is 9.94. The summed E-state index contributed by atoms with van der Waals surface area (Å²) in [6.07, 6.45) is 2.23. The number of nitrogens with zero attached hydrogens (tertiary/aromatic N) is 2. The Labute approximate surface area is 190 Å². The van der Waals surface area contributed by atoms with Crippen molar-refractivity contribution in [3.63, 3.8) is 0 Å². The zero-order valence-corrected chi connectivity index (χ0v) is 19.1. The van der Waals surface area contributed by atoms with E-state index < -0.39 is 5.97 Å². The first-order valence-corrected chi connectivity index (χ1v) is 11.6. The minimum absolute atomic E-state index is 0.0373. The van der Waals surface area contributed by atoms with Crippen LogP contribution in [0.2, 0.25) is 0 Å². The summed E-state index contributed by atoms with van der Waals surface area (Å²) >= 11 is 0. The van der Waals surface area contributed by atoms with Crippen molar-refractivity contribution in [1.29, 1.82) is 0 Å². The van der Waals surface area contributed by atoms with Gasteiger partial charge in [0.25, 0.3) is 0 Å². The highest BCUT2D eigenvalue weighted by Gasteiger charge is 2.36. The number of nitrogens with two attached hydrogens (primary N) is 1. The zero-order chi connectivity index (χ0) is 22.9. The zero-order valence-electron chi connectivity index (χ0n) is 19.1. The number of rotatable bonds is 7. The van der Waals surface area contributed by atoms with E-state index in [0.29, 0.717) is 23.9 Å². The number of piperidine rings is 1. The van der Waals surface area contributed by atoms with Crippen LogP contribution in [0.25, 0.3) is 0 Å². The Balaban J connectivity index is 1.29. The summed E-state index contributed by atoms with van der Waals surface area (Å²) in [5, 5.41) is 9.57. The summed E-state index contributed by atoms with van der Waals surface area (Å²) in [4.78, 5) is 16.4. The average molecular weight is 440 g/mol. The molecule has 0 saturated carbocycles. The molecule has 2 saturated heterocycles. The fourth-order valence-corrected chi connectivity index (χ4v) is 5.37. The maximum absolute atomic E-state index is 13.7. The van der Waals surface area contributed by atoms with E-state index in [1.807, 2.05) is 24.3 Å². The Morgan fingerprint density at radius 1 is 1.16 bits per heavy atom. The van der Waals surface area contributed by atoms with Crippen LogP contribution >= 0.6 is 0 Å². The summed E-state index contributed by atoms with van der Waals surface area (Å²) in [5.74, 6) is 0.0317.